The molecule has 2 heterocycles. The molecule has 156 valence electrons. The van der Waals surface area contributed by atoms with E-state index in [-0.39, 0.29) is 36.1 Å². The lowest BCUT2D eigenvalue weighted by molar-refractivity contribution is -0.0440. The summed E-state index contributed by atoms with van der Waals surface area (Å²) in [5, 5.41) is 7.36. The molecule has 1 fully saturated rings. The Morgan fingerprint density at radius 3 is 2.28 bits per heavy atom. The number of morpholine rings is 1. The van der Waals surface area contributed by atoms with Gasteiger partial charge in [-0.1, -0.05) is 0 Å². The van der Waals surface area contributed by atoms with E-state index in [1.54, 1.807) is 11.4 Å². The Morgan fingerprint density at radius 2 is 1.69 bits per heavy atom. The van der Waals surface area contributed by atoms with Crippen molar-refractivity contribution in [2.75, 3.05) is 25.5 Å². The van der Waals surface area contributed by atoms with Gasteiger partial charge in [-0.15, -0.1) is 11.3 Å². The first-order valence-electron chi connectivity index (χ1n) is 9.09. The second kappa shape index (κ2) is 8.62. The number of rotatable bonds is 5. The molecule has 0 spiro atoms. The monoisotopic (exact) mass is 437 g/mol. The van der Waals surface area contributed by atoms with E-state index in [9.17, 15) is 18.0 Å². The molecule has 0 unspecified atom stereocenters. The molecular weight excluding hydrogens is 414 g/mol. The van der Waals surface area contributed by atoms with Gasteiger partial charge in [0.15, 0.2) is 0 Å². The molecule has 0 bridgehead atoms. The Balaban J connectivity index is 1.75. The number of thiophene rings is 1. The van der Waals surface area contributed by atoms with Gasteiger partial charge in [0.1, 0.15) is 5.00 Å². The van der Waals surface area contributed by atoms with Crippen LogP contribution in [-0.4, -0.2) is 56.9 Å². The average molecular weight is 438 g/mol. The van der Waals surface area contributed by atoms with E-state index in [0.29, 0.717) is 16.1 Å². The first kappa shape index (κ1) is 21.4. The molecule has 8 nitrogen and oxygen atoms in total. The topological polar surface area (TPSA) is 105 Å². The fourth-order valence-electron chi connectivity index (χ4n) is 3.15. The maximum atomic E-state index is 12.9. The third kappa shape index (κ3) is 4.67. The van der Waals surface area contributed by atoms with E-state index >= 15 is 0 Å². The molecule has 0 aliphatic carbocycles. The number of nitrogens with one attached hydrogen (secondary N) is 2. The summed E-state index contributed by atoms with van der Waals surface area (Å²) in [4.78, 5) is 24.5. The first-order chi connectivity index (χ1) is 13.7. The molecule has 10 heteroatoms. The van der Waals surface area contributed by atoms with Gasteiger partial charge in [0.2, 0.25) is 10.0 Å². The summed E-state index contributed by atoms with van der Waals surface area (Å²) in [5.41, 5.74) is 0.671. The van der Waals surface area contributed by atoms with Crippen LogP contribution in [-0.2, 0) is 14.8 Å². The van der Waals surface area contributed by atoms with Crippen LogP contribution in [0.3, 0.4) is 0 Å². The predicted molar refractivity (Wildman–Crippen MR) is 111 cm³/mol. The number of carbonyl (C=O) groups is 2. The summed E-state index contributed by atoms with van der Waals surface area (Å²) in [6.07, 6.45) is -0.363. The van der Waals surface area contributed by atoms with Gasteiger partial charge in [0.25, 0.3) is 11.8 Å². The first-order valence-corrected chi connectivity index (χ1v) is 11.4. The van der Waals surface area contributed by atoms with Gasteiger partial charge in [0.05, 0.1) is 22.7 Å². The zero-order valence-electron chi connectivity index (χ0n) is 16.3. The lowest BCUT2D eigenvalue weighted by Gasteiger charge is -2.34. The molecule has 3 rings (SSSR count). The van der Waals surface area contributed by atoms with Gasteiger partial charge in [-0.2, -0.15) is 4.31 Å². The van der Waals surface area contributed by atoms with Crippen molar-refractivity contribution >= 4 is 38.2 Å². The second-order valence-electron chi connectivity index (χ2n) is 6.80. The molecule has 29 heavy (non-hydrogen) atoms. The Labute approximate surface area is 173 Å². The van der Waals surface area contributed by atoms with Crippen LogP contribution >= 0.6 is 11.3 Å². The van der Waals surface area contributed by atoms with Crippen LogP contribution in [0.2, 0.25) is 0 Å². The van der Waals surface area contributed by atoms with Crippen LogP contribution in [0.5, 0.6) is 0 Å². The molecule has 1 saturated heterocycles. The van der Waals surface area contributed by atoms with Gasteiger partial charge in [0, 0.05) is 25.7 Å². The zero-order valence-corrected chi connectivity index (χ0v) is 18.0. The van der Waals surface area contributed by atoms with Gasteiger partial charge < -0.3 is 15.4 Å². The van der Waals surface area contributed by atoms with Gasteiger partial charge >= 0.3 is 0 Å². The number of amides is 2. The van der Waals surface area contributed by atoms with Crippen molar-refractivity contribution in [1.82, 2.24) is 9.62 Å². The molecule has 1 aromatic carbocycles. The summed E-state index contributed by atoms with van der Waals surface area (Å²) in [5.74, 6) is -0.716. The smallest absolute Gasteiger partial charge is 0.256 e. The highest BCUT2D eigenvalue weighted by Gasteiger charge is 2.32. The van der Waals surface area contributed by atoms with Crippen LogP contribution in [0, 0.1) is 0 Å². The summed E-state index contributed by atoms with van der Waals surface area (Å²) >= 11 is 1.24. The van der Waals surface area contributed by atoms with E-state index in [1.165, 1.54) is 47.0 Å². The Morgan fingerprint density at radius 1 is 1.07 bits per heavy atom. The highest BCUT2D eigenvalue weighted by molar-refractivity contribution is 7.89. The fraction of sp³-hybridized carbons (Fsp3) is 0.368. The van der Waals surface area contributed by atoms with Crippen LogP contribution in [0.25, 0.3) is 0 Å². The van der Waals surface area contributed by atoms with Crippen molar-refractivity contribution in [2.45, 2.75) is 31.0 Å². The normalized spacial score (nSPS) is 20.2. The molecular formula is C19H23N3O5S2. The highest BCUT2D eigenvalue weighted by atomic mass is 32.2. The van der Waals surface area contributed by atoms with Crippen molar-refractivity contribution in [1.29, 1.82) is 0 Å². The van der Waals surface area contributed by atoms with Crippen LogP contribution < -0.4 is 10.6 Å². The van der Waals surface area contributed by atoms with Crippen molar-refractivity contribution < 1.29 is 22.7 Å². The lowest BCUT2D eigenvalue weighted by Crippen LogP contribution is -2.48. The lowest BCUT2D eigenvalue weighted by atomic mass is 10.2. The van der Waals surface area contributed by atoms with Gasteiger partial charge in [-0.3, -0.25) is 9.59 Å². The largest absolute Gasteiger partial charge is 0.373 e. The fourth-order valence-corrected chi connectivity index (χ4v) is 5.52. The minimum Gasteiger partial charge on any atom is -0.373 e. The molecule has 2 N–H and O–H groups in total. The summed E-state index contributed by atoms with van der Waals surface area (Å²) in [6, 6.07) is 7.39. The van der Waals surface area contributed by atoms with Gasteiger partial charge in [-0.25, -0.2) is 8.42 Å². The van der Waals surface area contributed by atoms with Crippen LogP contribution in [0.4, 0.5) is 5.00 Å². The van der Waals surface area contributed by atoms with Crippen molar-refractivity contribution in [2.24, 2.45) is 0 Å². The third-order valence-electron chi connectivity index (χ3n) is 4.50. The highest BCUT2D eigenvalue weighted by Crippen LogP contribution is 2.25. The average Bonchev–Trinajstić information content (AvgIpc) is 3.14. The standard InChI is InChI=1S/C19H23N3O5S2/c1-12-10-22(11-13(2)27-12)29(25,26)15-6-4-14(5-7-15)17(23)21-19-16(8-9-28-19)18(24)20-3/h4-9,12-13H,10-11H2,1-3H3,(H,20,24)(H,21,23)/t12-,13-/m0/s1. The Bertz CT molecular complexity index is 991. The number of nitrogens with zero attached hydrogens (tertiary/aromatic N) is 1. The SMILES string of the molecule is CNC(=O)c1ccsc1NC(=O)c1ccc(S(=O)(=O)N2C[C@H](C)O[C@@H](C)C2)cc1. The molecule has 1 aliphatic heterocycles. The number of ether oxygens (including phenoxy) is 1. The summed E-state index contributed by atoms with van der Waals surface area (Å²) in [6.45, 7) is 4.25. The minimum atomic E-state index is -3.67. The number of sulfonamides is 1. The predicted octanol–water partition coefficient (Wildman–Crippen LogP) is 2.16. The van der Waals surface area contributed by atoms with E-state index in [4.69, 9.17) is 4.74 Å². The Hall–Kier alpha value is -2.27. The zero-order chi connectivity index (χ0) is 21.2. The van der Waals surface area contributed by atoms with E-state index in [2.05, 4.69) is 10.6 Å². The number of benzene rings is 1. The number of hydrogen-bond acceptors (Lipinski definition) is 6. The Kier molecular flexibility index (Phi) is 6.37. The van der Waals surface area contributed by atoms with Crippen LogP contribution in [0.1, 0.15) is 34.6 Å². The summed E-state index contributed by atoms with van der Waals surface area (Å²) in [7, 11) is -2.16. The molecule has 1 aromatic heterocycles. The molecule has 0 saturated carbocycles. The van der Waals surface area contributed by atoms with Gasteiger partial charge in [-0.05, 0) is 49.6 Å². The molecule has 2 atom stereocenters. The third-order valence-corrected chi connectivity index (χ3v) is 7.18. The summed E-state index contributed by atoms with van der Waals surface area (Å²) < 4.78 is 32.8. The van der Waals surface area contributed by atoms with Crippen molar-refractivity contribution in [3.63, 3.8) is 0 Å². The van der Waals surface area contributed by atoms with Crippen molar-refractivity contribution in [3.8, 4) is 0 Å². The van der Waals surface area contributed by atoms with E-state index < -0.39 is 15.9 Å². The second-order valence-corrected chi connectivity index (χ2v) is 9.65. The number of carbonyl (C=O) groups excluding carboxylic acids is 2. The number of anilines is 1. The molecule has 2 amide bonds. The number of hydrogen-bond donors (Lipinski definition) is 2. The van der Waals surface area contributed by atoms with E-state index in [1.807, 2.05) is 13.8 Å². The maximum absolute atomic E-state index is 12.9. The molecule has 0 radical (unpaired) electrons. The quantitative estimate of drug-likeness (QED) is 0.746. The minimum absolute atomic E-state index is 0.123. The van der Waals surface area contributed by atoms with Crippen LogP contribution in [0.15, 0.2) is 40.6 Å². The molecule has 2 aromatic rings. The maximum Gasteiger partial charge on any atom is 0.256 e. The molecule has 1 aliphatic rings. The van der Waals surface area contributed by atoms with Crippen molar-refractivity contribution in [3.05, 3.63) is 46.8 Å². The van der Waals surface area contributed by atoms with E-state index in [0.717, 1.165) is 0 Å².